The van der Waals surface area contributed by atoms with Crippen LogP contribution in [0, 0.1) is 6.92 Å². The van der Waals surface area contributed by atoms with Crippen molar-refractivity contribution in [3.63, 3.8) is 0 Å². The van der Waals surface area contributed by atoms with Crippen LogP contribution in [0.1, 0.15) is 30.4 Å². The second kappa shape index (κ2) is 7.25. The quantitative estimate of drug-likeness (QED) is 0.852. The van der Waals surface area contributed by atoms with Gasteiger partial charge in [-0.15, -0.1) is 0 Å². The van der Waals surface area contributed by atoms with Crippen LogP contribution in [0.25, 0.3) is 0 Å². The summed E-state index contributed by atoms with van der Waals surface area (Å²) in [5, 5.41) is 9.68. The smallest absolute Gasteiger partial charge is 0.127 e. The van der Waals surface area contributed by atoms with E-state index in [2.05, 4.69) is 19.9 Å². The van der Waals surface area contributed by atoms with E-state index < -0.39 is 6.10 Å². The Morgan fingerprint density at radius 3 is 2.43 bits per heavy atom. The minimum absolute atomic E-state index is 0.273. The summed E-state index contributed by atoms with van der Waals surface area (Å²) in [6.45, 7) is 4.48. The molecule has 21 heavy (non-hydrogen) atoms. The zero-order valence-corrected chi connectivity index (χ0v) is 12.6. The molecular weight excluding hydrogens is 262 g/mol. The molecule has 2 aromatic rings. The highest BCUT2D eigenvalue weighted by molar-refractivity contribution is 5.39. The Kier molecular flexibility index (Phi) is 5.37. The topological polar surface area (TPSA) is 55.5 Å². The fourth-order valence-electron chi connectivity index (χ4n) is 2.52. The van der Waals surface area contributed by atoms with Crippen LogP contribution >= 0.6 is 0 Å². The van der Waals surface area contributed by atoms with Gasteiger partial charge in [-0.05, 0) is 54.7 Å². The largest absolute Gasteiger partial charge is 0.457 e. The standard InChI is InChI=1S/C18H23NO2/c1-13(10-15(20)12-19)18-9-8-17(11-14(18)2)21-16-6-4-3-5-7-16/h3-9,11,13,15,20H,10,12,19H2,1-2H3. The summed E-state index contributed by atoms with van der Waals surface area (Å²) < 4.78 is 5.83. The van der Waals surface area contributed by atoms with Gasteiger partial charge in [0.05, 0.1) is 6.10 Å². The number of para-hydroxylation sites is 1. The number of benzene rings is 2. The maximum absolute atomic E-state index is 9.68. The molecule has 3 heteroatoms. The lowest BCUT2D eigenvalue weighted by Crippen LogP contribution is -2.21. The number of hydrogen-bond donors (Lipinski definition) is 2. The number of aryl methyl sites for hydroxylation is 1. The summed E-state index contributed by atoms with van der Waals surface area (Å²) in [5.74, 6) is 1.93. The van der Waals surface area contributed by atoms with Gasteiger partial charge in [0.1, 0.15) is 11.5 Å². The molecule has 0 aromatic heterocycles. The van der Waals surface area contributed by atoms with Gasteiger partial charge in [0.25, 0.3) is 0 Å². The Hall–Kier alpha value is -1.84. The summed E-state index contributed by atoms with van der Waals surface area (Å²) in [5.41, 5.74) is 7.87. The summed E-state index contributed by atoms with van der Waals surface area (Å²) in [4.78, 5) is 0. The molecule has 0 saturated carbocycles. The van der Waals surface area contributed by atoms with E-state index in [1.165, 1.54) is 11.1 Å². The molecule has 2 rings (SSSR count). The molecular formula is C18H23NO2. The number of aliphatic hydroxyl groups is 1. The lowest BCUT2D eigenvalue weighted by Gasteiger charge is -2.18. The van der Waals surface area contributed by atoms with Crippen molar-refractivity contribution in [3.05, 3.63) is 59.7 Å². The van der Waals surface area contributed by atoms with Crippen LogP contribution in [0.15, 0.2) is 48.5 Å². The molecule has 0 saturated heterocycles. The molecule has 0 aliphatic heterocycles. The van der Waals surface area contributed by atoms with Gasteiger partial charge < -0.3 is 15.6 Å². The predicted molar refractivity (Wildman–Crippen MR) is 85.8 cm³/mol. The molecule has 2 atom stereocenters. The fraction of sp³-hybridized carbons (Fsp3) is 0.333. The summed E-state index contributed by atoms with van der Waals surface area (Å²) in [7, 11) is 0. The Morgan fingerprint density at radius 2 is 1.81 bits per heavy atom. The Morgan fingerprint density at radius 1 is 1.10 bits per heavy atom. The molecule has 0 fully saturated rings. The molecule has 0 amide bonds. The lowest BCUT2D eigenvalue weighted by molar-refractivity contribution is 0.165. The van der Waals surface area contributed by atoms with E-state index in [1.807, 2.05) is 42.5 Å². The third kappa shape index (κ3) is 4.31. The highest BCUT2D eigenvalue weighted by Gasteiger charge is 2.13. The zero-order valence-electron chi connectivity index (χ0n) is 12.6. The van der Waals surface area contributed by atoms with Crippen molar-refractivity contribution < 1.29 is 9.84 Å². The van der Waals surface area contributed by atoms with Crippen molar-refractivity contribution in [1.82, 2.24) is 0 Å². The van der Waals surface area contributed by atoms with E-state index in [0.29, 0.717) is 13.0 Å². The van der Waals surface area contributed by atoms with Crippen molar-refractivity contribution in [1.29, 1.82) is 0 Å². The molecule has 2 unspecified atom stereocenters. The first-order chi connectivity index (χ1) is 10.1. The summed E-state index contributed by atoms with van der Waals surface area (Å²) in [6, 6.07) is 15.8. The average molecular weight is 285 g/mol. The van der Waals surface area contributed by atoms with Crippen molar-refractivity contribution in [2.24, 2.45) is 5.73 Å². The van der Waals surface area contributed by atoms with Crippen LogP contribution in [0.2, 0.25) is 0 Å². The molecule has 0 radical (unpaired) electrons. The predicted octanol–water partition coefficient (Wildman–Crippen LogP) is 3.60. The number of rotatable bonds is 6. The Balaban J connectivity index is 2.10. The van der Waals surface area contributed by atoms with Gasteiger partial charge in [-0.1, -0.05) is 31.2 Å². The Bertz CT molecular complexity index is 569. The van der Waals surface area contributed by atoms with Gasteiger partial charge in [-0.25, -0.2) is 0 Å². The van der Waals surface area contributed by atoms with Gasteiger partial charge in [-0.2, -0.15) is 0 Å². The third-order valence-electron chi connectivity index (χ3n) is 3.65. The van der Waals surface area contributed by atoms with E-state index in [4.69, 9.17) is 10.5 Å². The van der Waals surface area contributed by atoms with Gasteiger partial charge in [0, 0.05) is 6.54 Å². The molecule has 3 nitrogen and oxygen atoms in total. The highest BCUT2D eigenvalue weighted by atomic mass is 16.5. The Labute approximate surface area is 126 Å². The van der Waals surface area contributed by atoms with E-state index >= 15 is 0 Å². The van der Waals surface area contributed by atoms with Crippen LogP contribution in [0.5, 0.6) is 11.5 Å². The van der Waals surface area contributed by atoms with Crippen molar-refractivity contribution in [2.45, 2.75) is 32.3 Å². The normalized spacial score (nSPS) is 13.7. The first-order valence-corrected chi connectivity index (χ1v) is 7.31. The van der Waals surface area contributed by atoms with E-state index in [-0.39, 0.29) is 5.92 Å². The van der Waals surface area contributed by atoms with Crippen molar-refractivity contribution in [2.75, 3.05) is 6.54 Å². The van der Waals surface area contributed by atoms with Gasteiger partial charge >= 0.3 is 0 Å². The van der Waals surface area contributed by atoms with E-state index in [9.17, 15) is 5.11 Å². The molecule has 0 heterocycles. The monoisotopic (exact) mass is 285 g/mol. The maximum Gasteiger partial charge on any atom is 0.127 e. The number of ether oxygens (including phenoxy) is 1. The molecule has 0 bridgehead atoms. The highest BCUT2D eigenvalue weighted by Crippen LogP contribution is 2.29. The number of hydrogen-bond acceptors (Lipinski definition) is 3. The number of nitrogens with two attached hydrogens (primary N) is 1. The maximum atomic E-state index is 9.68. The fourth-order valence-corrected chi connectivity index (χ4v) is 2.52. The molecule has 0 spiro atoms. The molecule has 112 valence electrons. The van der Waals surface area contributed by atoms with Gasteiger partial charge in [0.15, 0.2) is 0 Å². The van der Waals surface area contributed by atoms with Crippen LogP contribution in [0.3, 0.4) is 0 Å². The number of aliphatic hydroxyl groups excluding tert-OH is 1. The van der Waals surface area contributed by atoms with Crippen LogP contribution in [-0.4, -0.2) is 17.8 Å². The second-order valence-electron chi connectivity index (χ2n) is 5.46. The summed E-state index contributed by atoms with van der Waals surface area (Å²) >= 11 is 0. The van der Waals surface area contributed by atoms with Gasteiger partial charge in [-0.3, -0.25) is 0 Å². The minimum Gasteiger partial charge on any atom is -0.457 e. The second-order valence-corrected chi connectivity index (χ2v) is 5.46. The SMILES string of the molecule is Cc1cc(Oc2ccccc2)ccc1C(C)CC(O)CN. The van der Waals surface area contributed by atoms with Crippen LogP contribution in [-0.2, 0) is 0 Å². The summed E-state index contributed by atoms with van der Waals surface area (Å²) in [6.07, 6.45) is 0.232. The van der Waals surface area contributed by atoms with Crippen molar-refractivity contribution >= 4 is 0 Å². The lowest BCUT2D eigenvalue weighted by atomic mass is 9.91. The van der Waals surface area contributed by atoms with E-state index in [1.54, 1.807) is 0 Å². The van der Waals surface area contributed by atoms with E-state index in [0.717, 1.165) is 11.5 Å². The minimum atomic E-state index is -0.445. The van der Waals surface area contributed by atoms with Crippen LogP contribution in [0.4, 0.5) is 0 Å². The van der Waals surface area contributed by atoms with Gasteiger partial charge in [0.2, 0.25) is 0 Å². The van der Waals surface area contributed by atoms with Crippen molar-refractivity contribution in [3.8, 4) is 11.5 Å². The van der Waals surface area contributed by atoms with Crippen LogP contribution < -0.4 is 10.5 Å². The average Bonchev–Trinajstić information content (AvgIpc) is 2.48. The molecule has 3 N–H and O–H groups in total. The molecule has 0 aliphatic carbocycles. The molecule has 2 aromatic carbocycles. The first-order valence-electron chi connectivity index (χ1n) is 7.31. The third-order valence-corrected chi connectivity index (χ3v) is 3.65. The first kappa shape index (κ1) is 15.5. The molecule has 0 aliphatic rings. The zero-order chi connectivity index (χ0) is 15.2.